The third-order valence-electron chi connectivity index (χ3n) is 7.51. The first-order valence-corrected chi connectivity index (χ1v) is 17.1. The van der Waals surface area contributed by atoms with E-state index in [1.807, 2.05) is 19.1 Å². The largest absolute Gasteiger partial charge is 0.494 e. The summed E-state index contributed by atoms with van der Waals surface area (Å²) >= 11 is 1.07. The molecule has 0 aromatic heterocycles. The van der Waals surface area contributed by atoms with Crippen LogP contribution in [0.5, 0.6) is 5.75 Å². The lowest BCUT2D eigenvalue weighted by Crippen LogP contribution is -2.42. The molecule has 10 heteroatoms. The van der Waals surface area contributed by atoms with E-state index in [2.05, 4.69) is 16.6 Å². The monoisotopic (exact) mass is 599 g/mol. The summed E-state index contributed by atoms with van der Waals surface area (Å²) in [5.41, 5.74) is 1.64. The van der Waals surface area contributed by atoms with Crippen LogP contribution in [0.2, 0.25) is 0 Å². The van der Waals surface area contributed by atoms with Gasteiger partial charge in [0, 0.05) is 18.2 Å². The number of rotatable bonds is 13. The minimum Gasteiger partial charge on any atom is -0.494 e. The molecule has 41 heavy (non-hydrogen) atoms. The number of amidine groups is 1. The number of amides is 2. The maximum Gasteiger partial charge on any atom is 0.284 e. The molecule has 2 aromatic rings. The zero-order chi connectivity index (χ0) is 29.2. The molecule has 1 aliphatic carbocycles. The molecule has 222 valence electrons. The van der Waals surface area contributed by atoms with Crippen molar-refractivity contribution >= 4 is 44.5 Å². The summed E-state index contributed by atoms with van der Waals surface area (Å²) in [5, 5.41) is 2.29. The number of nitrogens with zero attached hydrogens (tertiary/aromatic N) is 2. The molecule has 1 saturated heterocycles. The van der Waals surface area contributed by atoms with E-state index in [1.54, 1.807) is 41.3 Å². The summed E-state index contributed by atoms with van der Waals surface area (Å²) in [4.78, 5) is 28.1. The Kier molecular flexibility index (Phi) is 11.3. The number of hydrogen-bond donors (Lipinski definition) is 1. The van der Waals surface area contributed by atoms with Gasteiger partial charge < -0.3 is 10.1 Å². The molecule has 0 radical (unpaired) electrons. The van der Waals surface area contributed by atoms with E-state index in [9.17, 15) is 18.0 Å². The van der Waals surface area contributed by atoms with E-state index < -0.39 is 15.3 Å². The molecule has 0 bridgehead atoms. The number of nitrogens with one attached hydrogen (secondary N) is 1. The zero-order valence-corrected chi connectivity index (χ0v) is 25.6. The summed E-state index contributed by atoms with van der Waals surface area (Å²) in [6, 6.07) is 13.7. The molecule has 2 aromatic carbocycles. The van der Waals surface area contributed by atoms with Crippen LogP contribution in [0, 0.1) is 0 Å². The van der Waals surface area contributed by atoms with Crippen molar-refractivity contribution in [1.82, 2.24) is 4.90 Å². The lowest BCUT2D eigenvalue weighted by Gasteiger charge is -2.30. The van der Waals surface area contributed by atoms with Gasteiger partial charge in [-0.25, -0.2) is 0 Å². The summed E-state index contributed by atoms with van der Waals surface area (Å²) in [6.07, 6.45) is 9.88. The van der Waals surface area contributed by atoms with Crippen molar-refractivity contribution in [3.63, 3.8) is 0 Å². The predicted molar refractivity (Wildman–Crippen MR) is 165 cm³/mol. The summed E-state index contributed by atoms with van der Waals surface area (Å²) in [7, 11) is -4.02. The van der Waals surface area contributed by atoms with Crippen LogP contribution in [0.25, 0.3) is 0 Å². The molecule has 4 rings (SSSR count). The van der Waals surface area contributed by atoms with Crippen LogP contribution in [-0.2, 0) is 26.0 Å². The Hall–Kier alpha value is -2.85. The lowest BCUT2D eigenvalue weighted by molar-refractivity contribution is -0.130. The standard InChI is InChI=1S/C31H41N3O5S2/c1-3-5-6-10-21-39-26-17-15-24(16-18-26)32-29(35)22-28-30(36)34(25-11-8-7-9-12-25)31(40-28)33-41(37,38)27-19-13-23(4-2)14-20-27/h13-20,25,28H,3-12,21-22H2,1-2H3,(H,32,35)/b33-31+. The third-order valence-corrected chi connectivity index (χ3v) is 10.1. The van der Waals surface area contributed by atoms with Gasteiger partial charge in [-0.05, 0) is 67.6 Å². The maximum absolute atomic E-state index is 13.6. The van der Waals surface area contributed by atoms with Gasteiger partial charge in [0.05, 0.1) is 11.5 Å². The van der Waals surface area contributed by atoms with Crippen molar-refractivity contribution < 1.29 is 22.7 Å². The second-order valence-electron chi connectivity index (χ2n) is 10.6. The number of benzene rings is 2. The fourth-order valence-electron chi connectivity index (χ4n) is 5.14. The number of hydrogen-bond acceptors (Lipinski definition) is 6. The van der Waals surface area contributed by atoms with E-state index in [4.69, 9.17) is 4.74 Å². The molecule has 1 N–H and O–H groups in total. The minimum atomic E-state index is -4.02. The first-order chi connectivity index (χ1) is 19.8. The van der Waals surface area contributed by atoms with Gasteiger partial charge in [0.15, 0.2) is 5.17 Å². The fraction of sp³-hybridized carbons (Fsp3) is 0.516. The van der Waals surface area contributed by atoms with Crippen LogP contribution in [0.3, 0.4) is 0 Å². The van der Waals surface area contributed by atoms with Gasteiger partial charge in [0.1, 0.15) is 11.0 Å². The molecular formula is C31H41N3O5S2. The number of unbranched alkanes of at least 4 members (excludes halogenated alkanes) is 3. The predicted octanol–water partition coefficient (Wildman–Crippen LogP) is 6.56. The van der Waals surface area contributed by atoms with Crippen LogP contribution in [-0.4, -0.2) is 48.2 Å². The molecule has 1 atom stereocenters. The highest BCUT2D eigenvalue weighted by Gasteiger charge is 2.43. The van der Waals surface area contributed by atoms with Gasteiger partial charge in [-0.1, -0.05) is 76.3 Å². The molecule has 2 aliphatic rings. The SMILES string of the molecule is CCCCCCOc1ccc(NC(=O)CC2S/C(=N/S(=O)(=O)c3ccc(CC)cc3)N(C3CCCCC3)C2=O)cc1. The third kappa shape index (κ3) is 8.58. The van der Waals surface area contributed by atoms with Crippen LogP contribution in [0.15, 0.2) is 57.8 Å². The van der Waals surface area contributed by atoms with E-state index >= 15 is 0 Å². The van der Waals surface area contributed by atoms with Crippen LogP contribution < -0.4 is 10.1 Å². The molecule has 8 nitrogen and oxygen atoms in total. The van der Waals surface area contributed by atoms with E-state index in [0.717, 1.165) is 74.4 Å². The van der Waals surface area contributed by atoms with Gasteiger partial charge in [0.2, 0.25) is 11.8 Å². The number of sulfonamides is 1. The van der Waals surface area contributed by atoms with Crippen LogP contribution in [0.4, 0.5) is 5.69 Å². The van der Waals surface area contributed by atoms with Gasteiger partial charge in [-0.3, -0.25) is 14.5 Å². The van der Waals surface area contributed by atoms with Crippen molar-refractivity contribution in [2.75, 3.05) is 11.9 Å². The van der Waals surface area contributed by atoms with E-state index in [0.29, 0.717) is 12.3 Å². The summed E-state index contributed by atoms with van der Waals surface area (Å²) in [5.74, 6) is 0.182. The second-order valence-corrected chi connectivity index (χ2v) is 13.4. The quantitative estimate of drug-likeness (QED) is 0.262. The average molecular weight is 600 g/mol. The van der Waals surface area contributed by atoms with Gasteiger partial charge >= 0.3 is 0 Å². The Morgan fingerprint density at radius 1 is 1.00 bits per heavy atom. The fourth-order valence-corrected chi connectivity index (χ4v) is 7.54. The van der Waals surface area contributed by atoms with Crippen molar-refractivity contribution in [2.45, 2.75) is 101 Å². The Morgan fingerprint density at radius 2 is 1.71 bits per heavy atom. The normalized spacial score (nSPS) is 19.1. The molecule has 1 unspecified atom stereocenters. The highest BCUT2D eigenvalue weighted by molar-refractivity contribution is 8.16. The molecule has 0 spiro atoms. The highest BCUT2D eigenvalue weighted by atomic mass is 32.2. The summed E-state index contributed by atoms with van der Waals surface area (Å²) < 4.78 is 36.3. The molecule has 1 heterocycles. The number of aryl methyl sites for hydroxylation is 1. The van der Waals surface area contributed by atoms with Crippen LogP contribution in [0.1, 0.15) is 83.6 Å². The van der Waals surface area contributed by atoms with Crippen molar-refractivity contribution in [1.29, 1.82) is 0 Å². The first-order valence-electron chi connectivity index (χ1n) is 14.8. The Labute approximate surface area is 248 Å². The Morgan fingerprint density at radius 3 is 2.37 bits per heavy atom. The maximum atomic E-state index is 13.6. The van der Waals surface area contributed by atoms with Gasteiger partial charge in [-0.15, -0.1) is 4.40 Å². The number of ether oxygens (including phenoxy) is 1. The molecule has 1 saturated carbocycles. The van der Waals surface area contributed by atoms with Gasteiger partial charge in [-0.2, -0.15) is 8.42 Å². The van der Waals surface area contributed by atoms with Crippen molar-refractivity contribution in [2.24, 2.45) is 4.40 Å². The van der Waals surface area contributed by atoms with E-state index in [-0.39, 0.29) is 34.3 Å². The van der Waals surface area contributed by atoms with Crippen molar-refractivity contribution in [3.8, 4) is 5.75 Å². The molecular weight excluding hydrogens is 558 g/mol. The minimum absolute atomic E-state index is 0.0767. The number of anilines is 1. The van der Waals surface area contributed by atoms with Crippen LogP contribution >= 0.6 is 11.8 Å². The average Bonchev–Trinajstić information content (AvgIpc) is 3.27. The topological polar surface area (TPSA) is 105 Å². The smallest absolute Gasteiger partial charge is 0.284 e. The Balaban J connectivity index is 1.43. The highest BCUT2D eigenvalue weighted by Crippen LogP contribution is 2.36. The number of carbonyl (C=O) groups is 2. The lowest BCUT2D eigenvalue weighted by atomic mass is 9.94. The molecule has 2 amide bonds. The van der Waals surface area contributed by atoms with Crippen molar-refractivity contribution in [3.05, 3.63) is 54.1 Å². The molecule has 2 fully saturated rings. The second kappa shape index (κ2) is 14.9. The Bertz CT molecular complexity index is 1300. The number of thioether (sulfide) groups is 1. The number of carbonyl (C=O) groups excluding carboxylic acids is 2. The van der Waals surface area contributed by atoms with E-state index in [1.165, 1.54) is 12.8 Å². The summed E-state index contributed by atoms with van der Waals surface area (Å²) in [6.45, 7) is 4.84. The van der Waals surface area contributed by atoms with Gasteiger partial charge in [0.25, 0.3) is 10.0 Å². The first kappa shape index (κ1) is 31.1. The molecule has 1 aliphatic heterocycles. The zero-order valence-electron chi connectivity index (χ0n) is 24.0.